The van der Waals surface area contributed by atoms with E-state index in [1.165, 1.54) is 0 Å². The maximum Gasteiger partial charge on any atom is 0.163 e. The van der Waals surface area contributed by atoms with Crippen LogP contribution in [0.1, 0.15) is 19.8 Å². The van der Waals surface area contributed by atoms with Crippen LogP contribution in [0.2, 0.25) is 0 Å². The summed E-state index contributed by atoms with van der Waals surface area (Å²) in [7, 11) is 1.87. The first-order valence-electron chi connectivity index (χ1n) is 5.73. The SMILES string of the molecule is CCC(Cl)CCNc1ncnc2c1cnn2C. The van der Waals surface area contributed by atoms with E-state index < -0.39 is 0 Å². The summed E-state index contributed by atoms with van der Waals surface area (Å²) in [6.07, 6.45) is 5.22. The molecule has 17 heavy (non-hydrogen) atoms. The van der Waals surface area contributed by atoms with Crippen LogP contribution in [0.25, 0.3) is 11.0 Å². The van der Waals surface area contributed by atoms with Crippen molar-refractivity contribution in [3.8, 4) is 0 Å². The van der Waals surface area contributed by atoms with Crippen LogP contribution in [0, 0.1) is 0 Å². The van der Waals surface area contributed by atoms with Crippen molar-refractivity contribution in [3.05, 3.63) is 12.5 Å². The van der Waals surface area contributed by atoms with Gasteiger partial charge in [0.15, 0.2) is 5.65 Å². The minimum Gasteiger partial charge on any atom is -0.369 e. The lowest BCUT2D eigenvalue weighted by Crippen LogP contribution is -2.09. The van der Waals surface area contributed by atoms with Crippen molar-refractivity contribution in [2.24, 2.45) is 7.05 Å². The molecule has 1 atom stereocenters. The lowest BCUT2D eigenvalue weighted by Gasteiger charge is -2.08. The molecule has 0 saturated carbocycles. The maximum absolute atomic E-state index is 6.06. The molecule has 1 N–H and O–H groups in total. The minimum absolute atomic E-state index is 0.216. The van der Waals surface area contributed by atoms with Crippen molar-refractivity contribution in [1.82, 2.24) is 19.7 Å². The zero-order chi connectivity index (χ0) is 12.3. The van der Waals surface area contributed by atoms with Gasteiger partial charge < -0.3 is 5.32 Å². The zero-order valence-corrected chi connectivity index (χ0v) is 10.8. The molecule has 0 radical (unpaired) electrons. The number of nitrogens with zero attached hydrogens (tertiary/aromatic N) is 4. The summed E-state index contributed by atoms with van der Waals surface area (Å²) < 4.78 is 1.73. The number of nitrogens with one attached hydrogen (secondary N) is 1. The van der Waals surface area contributed by atoms with Crippen molar-refractivity contribution in [1.29, 1.82) is 0 Å². The van der Waals surface area contributed by atoms with Crippen molar-refractivity contribution in [2.45, 2.75) is 25.1 Å². The molecule has 0 aliphatic rings. The van der Waals surface area contributed by atoms with Crippen LogP contribution >= 0.6 is 11.6 Å². The van der Waals surface area contributed by atoms with E-state index in [4.69, 9.17) is 11.6 Å². The molecule has 0 amide bonds. The normalized spacial score (nSPS) is 12.9. The Balaban J connectivity index is 2.08. The predicted molar refractivity (Wildman–Crippen MR) is 69.3 cm³/mol. The van der Waals surface area contributed by atoms with E-state index in [2.05, 4.69) is 27.3 Å². The van der Waals surface area contributed by atoms with Gasteiger partial charge in [0, 0.05) is 19.0 Å². The first kappa shape index (κ1) is 12.1. The van der Waals surface area contributed by atoms with Crippen LogP contribution in [-0.2, 0) is 7.05 Å². The zero-order valence-electron chi connectivity index (χ0n) is 10.0. The van der Waals surface area contributed by atoms with E-state index in [0.29, 0.717) is 0 Å². The average Bonchev–Trinajstić information content (AvgIpc) is 2.72. The highest BCUT2D eigenvalue weighted by molar-refractivity contribution is 6.20. The molecule has 0 aromatic carbocycles. The Hall–Kier alpha value is -1.36. The standard InChI is InChI=1S/C11H16ClN5/c1-3-8(12)4-5-13-10-9-6-16-17(2)11(9)15-7-14-10/h6-8H,3-5H2,1-2H3,(H,13,14,15). The summed E-state index contributed by atoms with van der Waals surface area (Å²) in [5, 5.41) is 8.60. The fourth-order valence-electron chi connectivity index (χ4n) is 1.65. The molecular formula is C11H16ClN5. The van der Waals surface area contributed by atoms with E-state index >= 15 is 0 Å². The summed E-state index contributed by atoms with van der Waals surface area (Å²) in [4.78, 5) is 8.41. The van der Waals surface area contributed by atoms with Crippen molar-refractivity contribution in [3.63, 3.8) is 0 Å². The smallest absolute Gasteiger partial charge is 0.163 e. The second kappa shape index (κ2) is 5.31. The summed E-state index contributed by atoms with van der Waals surface area (Å²) in [6.45, 7) is 2.89. The van der Waals surface area contributed by atoms with Gasteiger partial charge in [-0.1, -0.05) is 6.92 Å². The van der Waals surface area contributed by atoms with Gasteiger partial charge in [0.1, 0.15) is 12.1 Å². The third-order valence-electron chi connectivity index (χ3n) is 2.72. The Labute approximate surface area is 105 Å². The number of aromatic nitrogens is 4. The molecule has 5 nitrogen and oxygen atoms in total. The summed E-state index contributed by atoms with van der Waals surface area (Å²) >= 11 is 6.06. The van der Waals surface area contributed by atoms with Gasteiger partial charge in [0.25, 0.3) is 0 Å². The number of hydrogen-bond donors (Lipinski definition) is 1. The van der Waals surface area contributed by atoms with Gasteiger partial charge >= 0.3 is 0 Å². The summed E-state index contributed by atoms with van der Waals surface area (Å²) in [6, 6.07) is 0. The predicted octanol–water partition coefficient (Wildman–Crippen LogP) is 2.18. The van der Waals surface area contributed by atoms with Gasteiger partial charge in [-0.15, -0.1) is 11.6 Å². The molecule has 2 rings (SSSR count). The number of fused-ring (bicyclic) bond motifs is 1. The fourth-order valence-corrected chi connectivity index (χ4v) is 1.76. The minimum atomic E-state index is 0.216. The van der Waals surface area contributed by atoms with Crippen LogP contribution in [0.15, 0.2) is 12.5 Å². The molecule has 2 aromatic rings. The summed E-state index contributed by atoms with van der Waals surface area (Å²) in [5.74, 6) is 0.822. The number of anilines is 1. The van der Waals surface area contributed by atoms with Gasteiger partial charge in [-0.3, -0.25) is 4.68 Å². The van der Waals surface area contributed by atoms with Gasteiger partial charge in [0.2, 0.25) is 0 Å². The van der Waals surface area contributed by atoms with E-state index in [1.807, 2.05) is 7.05 Å². The Bertz CT molecular complexity index is 496. The Morgan fingerprint density at radius 1 is 1.47 bits per heavy atom. The maximum atomic E-state index is 6.06. The number of alkyl halides is 1. The molecule has 92 valence electrons. The van der Waals surface area contributed by atoms with Crippen LogP contribution < -0.4 is 5.32 Å². The number of aryl methyl sites for hydroxylation is 1. The van der Waals surface area contributed by atoms with E-state index in [1.54, 1.807) is 17.2 Å². The highest BCUT2D eigenvalue weighted by atomic mass is 35.5. The number of hydrogen-bond acceptors (Lipinski definition) is 4. The first-order valence-corrected chi connectivity index (χ1v) is 6.16. The van der Waals surface area contributed by atoms with E-state index in [9.17, 15) is 0 Å². The topological polar surface area (TPSA) is 55.6 Å². The molecule has 2 heterocycles. The van der Waals surface area contributed by atoms with Crippen LogP contribution in [0.5, 0.6) is 0 Å². The molecule has 0 aliphatic heterocycles. The molecule has 2 aromatic heterocycles. The lowest BCUT2D eigenvalue weighted by atomic mass is 10.2. The Kier molecular flexibility index (Phi) is 3.78. The monoisotopic (exact) mass is 253 g/mol. The Morgan fingerprint density at radius 3 is 3.06 bits per heavy atom. The van der Waals surface area contributed by atoms with Crippen LogP contribution in [-0.4, -0.2) is 31.7 Å². The fraction of sp³-hybridized carbons (Fsp3) is 0.545. The average molecular weight is 254 g/mol. The molecule has 1 unspecified atom stereocenters. The highest BCUT2D eigenvalue weighted by Gasteiger charge is 2.07. The molecule has 0 saturated heterocycles. The van der Waals surface area contributed by atoms with Gasteiger partial charge in [-0.05, 0) is 12.8 Å². The molecule has 0 aliphatic carbocycles. The number of halogens is 1. The van der Waals surface area contributed by atoms with Crippen molar-refractivity contribution < 1.29 is 0 Å². The van der Waals surface area contributed by atoms with Gasteiger partial charge in [0.05, 0.1) is 11.6 Å². The van der Waals surface area contributed by atoms with Crippen molar-refractivity contribution >= 4 is 28.5 Å². The van der Waals surface area contributed by atoms with Crippen LogP contribution in [0.3, 0.4) is 0 Å². The number of rotatable bonds is 5. The second-order valence-electron chi connectivity index (χ2n) is 3.95. The van der Waals surface area contributed by atoms with Crippen molar-refractivity contribution in [2.75, 3.05) is 11.9 Å². The second-order valence-corrected chi connectivity index (χ2v) is 4.57. The molecular weight excluding hydrogens is 238 g/mol. The van der Waals surface area contributed by atoms with Crippen LogP contribution in [0.4, 0.5) is 5.82 Å². The third kappa shape index (κ3) is 2.66. The van der Waals surface area contributed by atoms with Gasteiger partial charge in [-0.2, -0.15) is 5.10 Å². The van der Waals surface area contributed by atoms with E-state index in [-0.39, 0.29) is 5.38 Å². The quantitative estimate of drug-likeness (QED) is 0.830. The molecule has 6 heteroatoms. The highest BCUT2D eigenvalue weighted by Crippen LogP contribution is 2.18. The van der Waals surface area contributed by atoms with Gasteiger partial charge in [-0.25, -0.2) is 9.97 Å². The Morgan fingerprint density at radius 2 is 2.29 bits per heavy atom. The first-order chi connectivity index (χ1) is 8.22. The van der Waals surface area contributed by atoms with E-state index in [0.717, 1.165) is 36.2 Å². The summed E-state index contributed by atoms with van der Waals surface area (Å²) in [5.41, 5.74) is 0.834. The molecule has 0 spiro atoms. The largest absolute Gasteiger partial charge is 0.369 e. The molecule has 0 bridgehead atoms. The molecule has 0 fully saturated rings. The third-order valence-corrected chi connectivity index (χ3v) is 3.25. The lowest BCUT2D eigenvalue weighted by molar-refractivity contribution is 0.752.